The third kappa shape index (κ3) is 3.08. The number of benzene rings is 1. The van der Waals surface area contributed by atoms with Crippen molar-refractivity contribution in [2.75, 3.05) is 24.5 Å². The van der Waals surface area contributed by atoms with E-state index in [0.717, 1.165) is 48.8 Å². The van der Waals surface area contributed by atoms with Crippen LogP contribution in [0.3, 0.4) is 0 Å². The molecular weight excluding hydrogens is 348 g/mol. The lowest BCUT2D eigenvalue weighted by Crippen LogP contribution is -2.51. The summed E-state index contributed by atoms with van der Waals surface area (Å²) in [6, 6.07) is 12.8. The van der Waals surface area contributed by atoms with Crippen molar-refractivity contribution in [3.8, 4) is 0 Å². The van der Waals surface area contributed by atoms with E-state index in [1.165, 1.54) is 36.8 Å². The summed E-state index contributed by atoms with van der Waals surface area (Å²) in [5.74, 6) is 0.997. The number of anilines is 1. The van der Waals surface area contributed by atoms with E-state index >= 15 is 0 Å². The number of fused-ring (bicyclic) bond motifs is 1. The Morgan fingerprint density at radius 1 is 1.00 bits per heavy atom. The first-order chi connectivity index (χ1) is 13.6. The zero-order valence-corrected chi connectivity index (χ0v) is 16.8. The molecule has 2 aliphatic heterocycles. The van der Waals surface area contributed by atoms with Crippen LogP contribution in [0.1, 0.15) is 42.8 Å². The van der Waals surface area contributed by atoms with Crippen LogP contribution in [0, 0.1) is 13.8 Å². The minimum atomic E-state index is 0.315. The lowest BCUT2D eigenvalue weighted by molar-refractivity contribution is 0.0899. The van der Waals surface area contributed by atoms with Gasteiger partial charge >= 0.3 is 0 Å². The van der Waals surface area contributed by atoms with Crippen molar-refractivity contribution >= 4 is 16.6 Å². The number of likely N-dealkylation sites (tertiary alicyclic amines) is 1. The summed E-state index contributed by atoms with van der Waals surface area (Å²) in [6.07, 6.45) is 4.99. The summed E-state index contributed by atoms with van der Waals surface area (Å²) in [7, 11) is 0. The van der Waals surface area contributed by atoms with E-state index < -0.39 is 0 Å². The lowest BCUT2D eigenvalue weighted by Gasteiger charge is -2.45. The van der Waals surface area contributed by atoms with Gasteiger partial charge in [0.1, 0.15) is 0 Å². The van der Waals surface area contributed by atoms with Gasteiger partial charge in [0.15, 0.2) is 5.76 Å². The van der Waals surface area contributed by atoms with Crippen molar-refractivity contribution in [3.63, 3.8) is 0 Å². The zero-order chi connectivity index (χ0) is 19.1. The average molecular weight is 377 g/mol. The Labute approximate surface area is 166 Å². The van der Waals surface area contributed by atoms with E-state index in [-0.39, 0.29) is 0 Å². The third-order valence-corrected chi connectivity index (χ3v) is 6.62. The molecule has 0 radical (unpaired) electrons. The van der Waals surface area contributed by atoms with Crippen LogP contribution in [0.4, 0.5) is 5.69 Å². The standard InChI is InChI=1S/C23H28N4O/c1-17-15-22(20-6-3-4-7-21(20)24-17)26-12-9-23(10-13-26)8-5-11-27(23)16-19-14-18(2)25-28-19/h3-4,6-7,14-15H,5,8-13,16H2,1-2H3. The fourth-order valence-corrected chi connectivity index (χ4v) is 5.20. The number of aromatic nitrogens is 2. The zero-order valence-electron chi connectivity index (χ0n) is 16.8. The SMILES string of the molecule is Cc1cc(CN2CCCC23CCN(c2cc(C)nc4ccccc24)CC3)on1. The van der Waals surface area contributed by atoms with E-state index in [0.29, 0.717) is 5.54 Å². The number of rotatable bonds is 3. The van der Waals surface area contributed by atoms with Crippen LogP contribution in [-0.2, 0) is 6.54 Å². The number of para-hydroxylation sites is 1. The van der Waals surface area contributed by atoms with Gasteiger partial charge in [0.05, 0.1) is 17.8 Å². The molecule has 3 aromatic rings. The highest BCUT2D eigenvalue weighted by Crippen LogP contribution is 2.41. The fourth-order valence-electron chi connectivity index (χ4n) is 5.20. The average Bonchev–Trinajstić information content (AvgIpc) is 3.28. The second-order valence-corrected chi connectivity index (χ2v) is 8.47. The van der Waals surface area contributed by atoms with Crippen molar-refractivity contribution in [3.05, 3.63) is 53.5 Å². The molecule has 0 aliphatic carbocycles. The topological polar surface area (TPSA) is 45.4 Å². The van der Waals surface area contributed by atoms with E-state index in [1.807, 2.05) is 6.92 Å². The maximum absolute atomic E-state index is 5.50. The summed E-state index contributed by atoms with van der Waals surface area (Å²) in [6.45, 7) is 8.33. The molecule has 5 rings (SSSR count). The molecule has 146 valence electrons. The first-order valence-corrected chi connectivity index (χ1v) is 10.4. The van der Waals surface area contributed by atoms with Crippen LogP contribution in [-0.4, -0.2) is 40.2 Å². The Hall–Kier alpha value is -2.40. The lowest BCUT2D eigenvalue weighted by atomic mass is 9.84. The van der Waals surface area contributed by atoms with E-state index in [9.17, 15) is 0 Å². The molecule has 0 saturated carbocycles. The summed E-state index contributed by atoms with van der Waals surface area (Å²) in [4.78, 5) is 9.93. The van der Waals surface area contributed by atoms with Crippen molar-refractivity contribution in [1.29, 1.82) is 0 Å². The maximum atomic E-state index is 5.50. The largest absolute Gasteiger partial charge is 0.371 e. The molecule has 0 N–H and O–H groups in total. The first kappa shape index (κ1) is 17.7. The Morgan fingerprint density at radius 2 is 1.82 bits per heavy atom. The van der Waals surface area contributed by atoms with Gasteiger partial charge < -0.3 is 9.42 Å². The van der Waals surface area contributed by atoms with Crippen LogP contribution in [0.5, 0.6) is 0 Å². The Bertz CT molecular complexity index is 987. The minimum Gasteiger partial charge on any atom is -0.371 e. The maximum Gasteiger partial charge on any atom is 0.150 e. The molecule has 2 aromatic heterocycles. The predicted molar refractivity (Wildman–Crippen MR) is 112 cm³/mol. The number of hydrogen-bond donors (Lipinski definition) is 0. The molecule has 1 spiro atoms. The van der Waals surface area contributed by atoms with Gasteiger partial charge in [-0.25, -0.2) is 0 Å². The van der Waals surface area contributed by atoms with Gasteiger partial charge in [0.2, 0.25) is 0 Å². The predicted octanol–water partition coefficient (Wildman–Crippen LogP) is 4.47. The van der Waals surface area contributed by atoms with Gasteiger partial charge in [0, 0.05) is 41.5 Å². The Kier molecular flexibility index (Phi) is 4.35. The van der Waals surface area contributed by atoms with Gasteiger partial charge in [-0.05, 0) is 58.2 Å². The molecule has 0 bridgehead atoms. The van der Waals surface area contributed by atoms with E-state index in [1.54, 1.807) is 0 Å². The van der Waals surface area contributed by atoms with Gasteiger partial charge in [0.25, 0.3) is 0 Å². The molecule has 2 saturated heterocycles. The van der Waals surface area contributed by atoms with Crippen molar-refractivity contribution in [2.45, 2.75) is 51.6 Å². The smallest absolute Gasteiger partial charge is 0.150 e. The number of nitrogens with zero attached hydrogens (tertiary/aromatic N) is 4. The van der Waals surface area contributed by atoms with Crippen LogP contribution < -0.4 is 4.90 Å². The molecule has 2 aliphatic rings. The van der Waals surface area contributed by atoms with Crippen molar-refractivity contribution < 1.29 is 4.52 Å². The van der Waals surface area contributed by atoms with Crippen molar-refractivity contribution in [2.24, 2.45) is 0 Å². The number of aryl methyl sites for hydroxylation is 2. The Morgan fingerprint density at radius 3 is 2.61 bits per heavy atom. The molecule has 0 unspecified atom stereocenters. The van der Waals surface area contributed by atoms with Gasteiger partial charge in [-0.1, -0.05) is 23.4 Å². The minimum absolute atomic E-state index is 0.315. The molecular formula is C23H28N4O. The Balaban J connectivity index is 1.36. The van der Waals surface area contributed by atoms with Gasteiger partial charge in [-0.2, -0.15) is 0 Å². The highest BCUT2D eigenvalue weighted by Gasteiger charge is 2.43. The molecule has 5 nitrogen and oxygen atoms in total. The summed E-state index contributed by atoms with van der Waals surface area (Å²) < 4.78 is 5.50. The first-order valence-electron chi connectivity index (χ1n) is 10.4. The molecule has 0 amide bonds. The van der Waals surface area contributed by atoms with Crippen LogP contribution in [0.2, 0.25) is 0 Å². The summed E-state index contributed by atoms with van der Waals surface area (Å²) >= 11 is 0. The number of pyridine rings is 1. The van der Waals surface area contributed by atoms with E-state index in [4.69, 9.17) is 9.51 Å². The van der Waals surface area contributed by atoms with Gasteiger partial charge in [-0.3, -0.25) is 9.88 Å². The highest BCUT2D eigenvalue weighted by atomic mass is 16.5. The second kappa shape index (κ2) is 6.89. The van der Waals surface area contributed by atoms with Gasteiger partial charge in [-0.15, -0.1) is 0 Å². The molecule has 1 aromatic carbocycles. The summed E-state index contributed by atoms with van der Waals surface area (Å²) in [5.41, 5.74) is 4.82. The van der Waals surface area contributed by atoms with Crippen LogP contribution >= 0.6 is 0 Å². The van der Waals surface area contributed by atoms with Crippen molar-refractivity contribution in [1.82, 2.24) is 15.0 Å². The third-order valence-electron chi connectivity index (χ3n) is 6.62. The highest BCUT2D eigenvalue weighted by molar-refractivity contribution is 5.92. The molecule has 2 fully saturated rings. The second-order valence-electron chi connectivity index (χ2n) is 8.47. The summed E-state index contributed by atoms with van der Waals surface area (Å²) in [5, 5.41) is 5.33. The normalized spacial score (nSPS) is 19.7. The molecule has 0 atom stereocenters. The van der Waals surface area contributed by atoms with E-state index in [2.05, 4.69) is 58.3 Å². The van der Waals surface area contributed by atoms with Crippen LogP contribution in [0.25, 0.3) is 10.9 Å². The monoisotopic (exact) mass is 376 g/mol. The number of hydrogen-bond acceptors (Lipinski definition) is 5. The number of piperidine rings is 1. The molecule has 28 heavy (non-hydrogen) atoms. The molecule has 5 heteroatoms. The molecule has 4 heterocycles. The van der Waals surface area contributed by atoms with Crippen LogP contribution in [0.15, 0.2) is 40.9 Å². The quantitative estimate of drug-likeness (QED) is 0.675. The fraction of sp³-hybridized carbons (Fsp3) is 0.478.